The van der Waals surface area contributed by atoms with Crippen LogP contribution in [0.2, 0.25) is 0 Å². The monoisotopic (exact) mass is 267 g/mol. The number of carbonyl (C=O) groups is 2. The number of carboxylic acid groups (broad SMARTS) is 1. The molecule has 0 bridgehead atoms. The molecule has 0 atom stereocenters. The number of nitrogens with one attached hydrogen (secondary N) is 1. The molecule has 0 spiro atoms. The van der Waals surface area contributed by atoms with E-state index in [2.05, 4.69) is 16.9 Å². The molecule has 106 valence electrons. The zero-order valence-electron chi connectivity index (χ0n) is 11.6. The minimum absolute atomic E-state index is 0.0160. The van der Waals surface area contributed by atoms with Gasteiger partial charge in [-0.2, -0.15) is 0 Å². The Labute approximate surface area is 112 Å². The summed E-state index contributed by atoms with van der Waals surface area (Å²) in [4.78, 5) is 31.3. The number of unbranched alkanes of at least 4 members (excludes halogenated alkanes) is 2. The largest absolute Gasteiger partial charge is 0.477 e. The molecule has 0 fully saturated rings. The van der Waals surface area contributed by atoms with E-state index in [1.165, 1.54) is 6.33 Å². The lowest BCUT2D eigenvalue weighted by atomic mass is 10.2. The number of H-pyrrole nitrogens is 1. The standard InChI is InChI=1S/C13H21N3O3/c1-4-5-6-7-16(9(2)3)12(17)10-11(13(18)19)15-8-14-10/h8-9H,4-7H2,1-3H3,(H,14,15)(H,18,19). The van der Waals surface area contributed by atoms with E-state index in [1.54, 1.807) is 4.90 Å². The summed E-state index contributed by atoms with van der Waals surface area (Å²) >= 11 is 0. The topological polar surface area (TPSA) is 86.3 Å². The number of rotatable bonds is 7. The van der Waals surface area contributed by atoms with Crippen LogP contribution >= 0.6 is 0 Å². The number of aromatic nitrogens is 2. The molecule has 6 heteroatoms. The minimum atomic E-state index is -1.17. The molecule has 0 saturated heterocycles. The molecule has 0 unspecified atom stereocenters. The first kappa shape index (κ1) is 15.2. The van der Waals surface area contributed by atoms with Crippen molar-refractivity contribution < 1.29 is 14.7 Å². The van der Waals surface area contributed by atoms with Crippen LogP contribution in [0.25, 0.3) is 0 Å². The van der Waals surface area contributed by atoms with E-state index in [-0.39, 0.29) is 23.3 Å². The van der Waals surface area contributed by atoms with Crippen LogP contribution in [-0.4, -0.2) is 44.4 Å². The third kappa shape index (κ3) is 3.81. The van der Waals surface area contributed by atoms with E-state index < -0.39 is 5.97 Å². The second kappa shape index (κ2) is 6.92. The van der Waals surface area contributed by atoms with Crippen molar-refractivity contribution in [2.24, 2.45) is 0 Å². The van der Waals surface area contributed by atoms with Crippen molar-refractivity contribution in [3.05, 3.63) is 17.7 Å². The van der Waals surface area contributed by atoms with Crippen LogP contribution in [0.15, 0.2) is 6.33 Å². The normalized spacial score (nSPS) is 10.7. The van der Waals surface area contributed by atoms with E-state index in [4.69, 9.17) is 5.11 Å². The lowest BCUT2D eigenvalue weighted by Crippen LogP contribution is -2.38. The molecule has 1 heterocycles. The number of nitrogens with zero attached hydrogens (tertiary/aromatic N) is 2. The highest BCUT2D eigenvalue weighted by molar-refractivity contribution is 6.02. The van der Waals surface area contributed by atoms with E-state index in [0.29, 0.717) is 6.54 Å². The van der Waals surface area contributed by atoms with Gasteiger partial charge in [0.05, 0.1) is 6.33 Å². The highest BCUT2D eigenvalue weighted by Crippen LogP contribution is 2.12. The third-order valence-corrected chi connectivity index (χ3v) is 2.94. The summed E-state index contributed by atoms with van der Waals surface area (Å²) in [5.41, 5.74) is -0.163. The first-order chi connectivity index (χ1) is 8.99. The first-order valence-corrected chi connectivity index (χ1v) is 6.56. The number of hydrogen-bond donors (Lipinski definition) is 2. The van der Waals surface area contributed by atoms with E-state index in [0.717, 1.165) is 19.3 Å². The fraction of sp³-hybridized carbons (Fsp3) is 0.615. The molecule has 0 aliphatic carbocycles. The Morgan fingerprint density at radius 2 is 2.11 bits per heavy atom. The zero-order chi connectivity index (χ0) is 14.4. The summed E-state index contributed by atoms with van der Waals surface area (Å²) in [7, 11) is 0. The number of amides is 1. The quantitative estimate of drug-likeness (QED) is 0.741. The third-order valence-electron chi connectivity index (χ3n) is 2.94. The number of aromatic carboxylic acids is 1. The molecule has 1 amide bonds. The van der Waals surface area contributed by atoms with Crippen molar-refractivity contribution in [2.75, 3.05) is 6.54 Å². The number of carboxylic acids is 1. The van der Waals surface area contributed by atoms with Gasteiger partial charge in [-0.1, -0.05) is 19.8 Å². The van der Waals surface area contributed by atoms with E-state index in [1.807, 2.05) is 13.8 Å². The first-order valence-electron chi connectivity index (χ1n) is 6.56. The summed E-state index contributed by atoms with van der Waals surface area (Å²) in [5.74, 6) is -1.50. The van der Waals surface area contributed by atoms with Gasteiger partial charge in [0.1, 0.15) is 0 Å². The van der Waals surface area contributed by atoms with Gasteiger partial charge in [-0.15, -0.1) is 0 Å². The lowest BCUT2D eigenvalue weighted by molar-refractivity contribution is 0.0649. The maximum atomic E-state index is 12.3. The SMILES string of the molecule is CCCCCN(C(=O)c1nc[nH]c1C(=O)O)C(C)C. The smallest absolute Gasteiger partial charge is 0.354 e. The number of aromatic amines is 1. The molecule has 0 aliphatic rings. The van der Waals surface area contributed by atoms with Crippen molar-refractivity contribution >= 4 is 11.9 Å². The van der Waals surface area contributed by atoms with Crippen LogP contribution < -0.4 is 0 Å². The van der Waals surface area contributed by atoms with Crippen LogP contribution in [-0.2, 0) is 0 Å². The lowest BCUT2D eigenvalue weighted by Gasteiger charge is -2.26. The highest BCUT2D eigenvalue weighted by Gasteiger charge is 2.25. The summed E-state index contributed by atoms with van der Waals surface area (Å²) < 4.78 is 0. The molecule has 0 radical (unpaired) electrons. The predicted octanol–water partition coefficient (Wildman–Crippen LogP) is 2.15. The average Bonchev–Trinajstić information content (AvgIpc) is 2.82. The van der Waals surface area contributed by atoms with Crippen molar-refractivity contribution in [2.45, 2.75) is 46.1 Å². The maximum absolute atomic E-state index is 12.3. The Bertz CT molecular complexity index is 440. The van der Waals surface area contributed by atoms with Crippen molar-refractivity contribution in [1.29, 1.82) is 0 Å². The van der Waals surface area contributed by atoms with Gasteiger partial charge < -0.3 is 15.0 Å². The van der Waals surface area contributed by atoms with Gasteiger partial charge in [-0.05, 0) is 20.3 Å². The second-order valence-corrected chi connectivity index (χ2v) is 4.73. The molecule has 0 aromatic carbocycles. The zero-order valence-corrected chi connectivity index (χ0v) is 11.6. The van der Waals surface area contributed by atoms with Crippen LogP contribution in [0.4, 0.5) is 0 Å². The van der Waals surface area contributed by atoms with E-state index in [9.17, 15) is 9.59 Å². The fourth-order valence-electron chi connectivity index (χ4n) is 1.88. The molecule has 6 nitrogen and oxygen atoms in total. The summed E-state index contributed by atoms with van der Waals surface area (Å²) in [6.45, 7) is 6.54. The second-order valence-electron chi connectivity index (χ2n) is 4.73. The molecule has 0 saturated carbocycles. The highest BCUT2D eigenvalue weighted by atomic mass is 16.4. The summed E-state index contributed by atoms with van der Waals surface area (Å²) in [5, 5.41) is 9.00. The number of carbonyl (C=O) groups excluding carboxylic acids is 1. The molecule has 1 aromatic heterocycles. The molecule has 19 heavy (non-hydrogen) atoms. The van der Waals surface area contributed by atoms with Gasteiger partial charge in [0, 0.05) is 12.6 Å². The summed E-state index contributed by atoms with van der Waals surface area (Å²) in [6, 6.07) is 0.0164. The predicted molar refractivity (Wildman–Crippen MR) is 71.2 cm³/mol. The van der Waals surface area contributed by atoms with Gasteiger partial charge >= 0.3 is 5.97 Å². The van der Waals surface area contributed by atoms with Gasteiger partial charge in [-0.3, -0.25) is 4.79 Å². The van der Waals surface area contributed by atoms with Crippen LogP contribution in [0.1, 0.15) is 61.0 Å². The maximum Gasteiger partial charge on any atom is 0.354 e. The Balaban J connectivity index is 2.87. The number of imidazole rings is 1. The van der Waals surface area contributed by atoms with Gasteiger partial charge in [0.15, 0.2) is 11.4 Å². The molecule has 2 N–H and O–H groups in total. The van der Waals surface area contributed by atoms with Crippen molar-refractivity contribution in [1.82, 2.24) is 14.9 Å². The molecule has 1 rings (SSSR count). The Morgan fingerprint density at radius 1 is 1.42 bits per heavy atom. The molecule has 0 aliphatic heterocycles. The number of hydrogen-bond acceptors (Lipinski definition) is 3. The Kier molecular flexibility index (Phi) is 5.54. The van der Waals surface area contributed by atoms with E-state index >= 15 is 0 Å². The molecule has 1 aromatic rings. The van der Waals surface area contributed by atoms with Gasteiger partial charge in [0.25, 0.3) is 5.91 Å². The van der Waals surface area contributed by atoms with Crippen molar-refractivity contribution in [3.8, 4) is 0 Å². The minimum Gasteiger partial charge on any atom is -0.477 e. The van der Waals surface area contributed by atoms with Crippen LogP contribution in [0.5, 0.6) is 0 Å². The Morgan fingerprint density at radius 3 is 2.63 bits per heavy atom. The van der Waals surface area contributed by atoms with Gasteiger partial charge in [0.2, 0.25) is 0 Å². The fourth-order valence-corrected chi connectivity index (χ4v) is 1.88. The van der Waals surface area contributed by atoms with Crippen LogP contribution in [0, 0.1) is 0 Å². The average molecular weight is 267 g/mol. The van der Waals surface area contributed by atoms with Gasteiger partial charge in [-0.25, -0.2) is 9.78 Å². The molecular weight excluding hydrogens is 246 g/mol. The molecular formula is C13H21N3O3. The summed E-state index contributed by atoms with van der Waals surface area (Å²) in [6.07, 6.45) is 4.26. The Hall–Kier alpha value is -1.85. The van der Waals surface area contributed by atoms with Crippen LogP contribution in [0.3, 0.4) is 0 Å². The van der Waals surface area contributed by atoms with Crippen molar-refractivity contribution in [3.63, 3.8) is 0 Å².